The molecule has 0 amide bonds. The first-order valence-electron chi connectivity index (χ1n) is 5.84. The van der Waals surface area contributed by atoms with Crippen molar-refractivity contribution in [3.8, 4) is 0 Å². The van der Waals surface area contributed by atoms with Crippen LogP contribution in [0.25, 0.3) is 0 Å². The van der Waals surface area contributed by atoms with Crippen molar-refractivity contribution in [1.29, 1.82) is 0 Å². The average Bonchev–Trinajstić information content (AvgIpc) is 2.84. The fraction of sp³-hybridized carbons (Fsp3) is 0.231. The zero-order valence-electron chi connectivity index (χ0n) is 10.8. The van der Waals surface area contributed by atoms with E-state index in [0.717, 1.165) is 23.0 Å². The maximum Gasteiger partial charge on any atom is 0.283 e. The molecule has 0 spiro atoms. The lowest BCUT2D eigenvalue weighted by atomic mass is 10.3. The molecule has 0 saturated carbocycles. The molecule has 0 aliphatic carbocycles. The number of nitrogens with zero attached hydrogens (tertiary/aromatic N) is 1. The third kappa shape index (κ3) is 3.77. The monoisotopic (exact) mass is 356 g/mol. The lowest BCUT2D eigenvalue weighted by molar-refractivity contribution is -0.385. The molecule has 0 radical (unpaired) electrons. The molecule has 0 unspecified atom stereocenters. The van der Waals surface area contributed by atoms with Crippen LogP contribution in [0.1, 0.15) is 11.5 Å². The maximum atomic E-state index is 10.7. The summed E-state index contributed by atoms with van der Waals surface area (Å²) in [7, 11) is 0. The van der Waals surface area contributed by atoms with Crippen LogP contribution in [0, 0.1) is 10.1 Å². The molecule has 0 bridgehead atoms. The summed E-state index contributed by atoms with van der Waals surface area (Å²) in [6, 6.07) is 8.71. The van der Waals surface area contributed by atoms with Gasteiger partial charge < -0.3 is 9.73 Å². The van der Waals surface area contributed by atoms with Crippen LogP contribution in [-0.4, -0.2) is 11.2 Å². The molecule has 1 aromatic carbocycles. The molecule has 0 saturated heterocycles. The summed E-state index contributed by atoms with van der Waals surface area (Å²) in [5.74, 6) is 2.63. The van der Waals surface area contributed by atoms with Gasteiger partial charge in [0, 0.05) is 11.8 Å². The third-order valence-corrected chi connectivity index (χ3v) is 3.82. The highest BCUT2D eigenvalue weighted by atomic mass is 79.9. The molecule has 0 atom stereocenters. The van der Waals surface area contributed by atoms with Crippen LogP contribution in [0.4, 0.5) is 11.4 Å². The Balaban J connectivity index is 1.99. The summed E-state index contributed by atoms with van der Waals surface area (Å²) in [4.78, 5) is 10.3. The van der Waals surface area contributed by atoms with Gasteiger partial charge in [0.05, 0.1) is 21.7 Å². The molecule has 5 nitrogen and oxygen atoms in total. The van der Waals surface area contributed by atoms with Gasteiger partial charge in [-0.1, -0.05) is 0 Å². The van der Waals surface area contributed by atoms with E-state index in [9.17, 15) is 10.1 Å². The van der Waals surface area contributed by atoms with E-state index in [1.54, 1.807) is 23.9 Å². The summed E-state index contributed by atoms with van der Waals surface area (Å²) in [6.45, 7) is 0.540. The first kappa shape index (κ1) is 14.9. The highest BCUT2D eigenvalue weighted by molar-refractivity contribution is 9.10. The average molecular weight is 357 g/mol. The minimum absolute atomic E-state index is 0.0517. The quantitative estimate of drug-likeness (QED) is 0.612. The van der Waals surface area contributed by atoms with Gasteiger partial charge in [-0.2, -0.15) is 11.8 Å². The van der Waals surface area contributed by atoms with E-state index in [4.69, 9.17) is 4.42 Å². The van der Waals surface area contributed by atoms with E-state index in [-0.39, 0.29) is 5.69 Å². The van der Waals surface area contributed by atoms with Gasteiger partial charge >= 0.3 is 0 Å². The molecule has 7 heteroatoms. The van der Waals surface area contributed by atoms with Crippen LogP contribution in [0.3, 0.4) is 0 Å². The number of thioether (sulfide) groups is 1. The molecule has 2 rings (SSSR count). The Bertz CT molecular complexity index is 615. The molecule has 0 aliphatic heterocycles. The lowest BCUT2D eigenvalue weighted by Gasteiger charge is -2.05. The van der Waals surface area contributed by atoms with Crippen LogP contribution in [0.5, 0.6) is 0 Å². The standard InChI is InChI=1S/C13H13BrN2O3S/c1-20-8-11-4-3-10(19-11)7-15-9-2-5-13(16(17)18)12(14)6-9/h2-6,15H,7-8H2,1H3. The van der Waals surface area contributed by atoms with Gasteiger partial charge in [0.25, 0.3) is 5.69 Å². The van der Waals surface area contributed by atoms with E-state index in [0.29, 0.717) is 11.0 Å². The van der Waals surface area contributed by atoms with Crippen LogP contribution in [0.15, 0.2) is 39.2 Å². The van der Waals surface area contributed by atoms with E-state index >= 15 is 0 Å². The predicted octanol–water partition coefficient (Wildman–Crippen LogP) is 4.43. The second-order valence-electron chi connectivity index (χ2n) is 4.08. The Morgan fingerprint density at radius 1 is 1.35 bits per heavy atom. The summed E-state index contributed by atoms with van der Waals surface area (Å²) in [5.41, 5.74) is 0.848. The zero-order valence-corrected chi connectivity index (χ0v) is 13.2. The van der Waals surface area contributed by atoms with Crippen molar-refractivity contribution in [2.45, 2.75) is 12.3 Å². The zero-order chi connectivity index (χ0) is 14.5. The number of nitro groups is 1. The number of benzene rings is 1. The van der Waals surface area contributed by atoms with Gasteiger partial charge in [-0.15, -0.1) is 0 Å². The third-order valence-electron chi connectivity index (χ3n) is 2.62. The molecule has 2 aromatic rings. The second-order valence-corrected chi connectivity index (χ2v) is 5.80. The summed E-state index contributed by atoms with van der Waals surface area (Å²) >= 11 is 4.90. The van der Waals surface area contributed by atoms with Crippen molar-refractivity contribution in [1.82, 2.24) is 0 Å². The van der Waals surface area contributed by atoms with Gasteiger partial charge in [0.1, 0.15) is 11.5 Å². The number of anilines is 1. The van der Waals surface area contributed by atoms with Gasteiger partial charge in [-0.05, 0) is 46.5 Å². The molecular formula is C13H13BrN2O3S. The van der Waals surface area contributed by atoms with Crippen LogP contribution >= 0.6 is 27.7 Å². The number of nitrogens with one attached hydrogen (secondary N) is 1. The fourth-order valence-corrected chi connectivity index (χ4v) is 2.65. The lowest BCUT2D eigenvalue weighted by Crippen LogP contribution is -1.99. The predicted molar refractivity (Wildman–Crippen MR) is 84.1 cm³/mol. The Labute approximate surface area is 129 Å². The van der Waals surface area contributed by atoms with Crippen LogP contribution in [-0.2, 0) is 12.3 Å². The Kier molecular flexibility index (Phi) is 5.08. The highest BCUT2D eigenvalue weighted by Crippen LogP contribution is 2.28. The summed E-state index contributed by atoms with van der Waals surface area (Å²) in [5, 5.41) is 13.9. The fourth-order valence-electron chi connectivity index (χ4n) is 1.69. The van der Waals surface area contributed by atoms with Crippen molar-refractivity contribution in [3.05, 3.63) is 56.4 Å². The van der Waals surface area contributed by atoms with Crippen molar-refractivity contribution in [2.24, 2.45) is 0 Å². The maximum absolute atomic E-state index is 10.7. The molecule has 20 heavy (non-hydrogen) atoms. The van der Waals surface area contributed by atoms with Gasteiger partial charge in [-0.3, -0.25) is 10.1 Å². The van der Waals surface area contributed by atoms with Gasteiger partial charge in [0.15, 0.2) is 0 Å². The van der Waals surface area contributed by atoms with Crippen molar-refractivity contribution in [2.75, 3.05) is 11.6 Å². The van der Waals surface area contributed by atoms with Gasteiger partial charge in [-0.25, -0.2) is 0 Å². The Morgan fingerprint density at radius 2 is 2.10 bits per heavy atom. The number of hydrogen-bond donors (Lipinski definition) is 1. The summed E-state index contributed by atoms with van der Waals surface area (Å²) < 4.78 is 6.09. The number of halogens is 1. The van der Waals surface area contributed by atoms with Crippen LogP contribution < -0.4 is 5.32 Å². The SMILES string of the molecule is CSCc1ccc(CNc2ccc([N+](=O)[O-])c(Br)c2)o1. The Morgan fingerprint density at radius 3 is 2.75 bits per heavy atom. The van der Waals surface area contributed by atoms with Crippen molar-refractivity contribution in [3.63, 3.8) is 0 Å². The minimum atomic E-state index is -0.422. The van der Waals surface area contributed by atoms with Crippen molar-refractivity contribution < 1.29 is 9.34 Å². The number of hydrogen-bond acceptors (Lipinski definition) is 5. The number of furan rings is 1. The smallest absolute Gasteiger partial charge is 0.283 e. The van der Waals surface area contributed by atoms with E-state index < -0.39 is 4.92 Å². The number of nitro benzene ring substituents is 1. The van der Waals surface area contributed by atoms with Gasteiger partial charge in [0.2, 0.25) is 0 Å². The molecule has 0 fully saturated rings. The number of rotatable bonds is 6. The van der Waals surface area contributed by atoms with Crippen LogP contribution in [0.2, 0.25) is 0 Å². The Hall–Kier alpha value is -1.47. The molecular weight excluding hydrogens is 344 g/mol. The summed E-state index contributed by atoms with van der Waals surface area (Å²) in [6.07, 6.45) is 2.02. The minimum Gasteiger partial charge on any atom is -0.463 e. The molecule has 106 valence electrons. The largest absolute Gasteiger partial charge is 0.463 e. The second kappa shape index (κ2) is 6.81. The molecule has 1 heterocycles. The van der Waals surface area contributed by atoms with E-state index in [1.165, 1.54) is 6.07 Å². The first-order valence-corrected chi connectivity index (χ1v) is 8.03. The van der Waals surface area contributed by atoms with Crippen molar-refractivity contribution >= 4 is 39.1 Å². The molecule has 1 N–H and O–H groups in total. The normalized spacial score (nSPS) is 10.5. The topological polar surface area (TPSA) is 68.3 Å². The first-order chi connectivity index (χ1) is 9.60. The van der Waals surface area contributed by atoms with E-state index in [2.05, 4.69) is 21.2 Å². The highest BCUT2D eigenvalue weighted by Gasteiger charge is 2.11. The molecule has 0 aliphatic rings. The molecule has 1 aromatic heterocycles. The van der Waals surface area contributed by atoms with E-state index in [1.807, 2.05) is 18.4 Å².